The molecule has 1 aromatic carbocycles. The number of likely N-dealkylation sites (tertiary alicyclic amines) is 1. The first-order valence-electron chi connectivity index (χ1n) is 10.9. The summed E-state index contributed by atoms with van der Waals surface area (Å²) in [5.41, 5.74) is -0.690. The zero-order valence-electron chi connectivity index (χ0n) is 17.0. The average Bonchev–Trinajstić information content (AvgIpc) is 3.25. The molecule has 2 N–H and O–H groups in total. The highest BCUT2D eigenvalue weighted by Gasteiger charge is 2.58. The lowest BCUT2D eigenvalue weighted by atomic mass is 9.79. The third-order valence-electron chi connectivity index (χ3n) is 7.25. The van der Waals surface area contributed by atoms with E-state index in [1.54, 1.807) is 0 Å². The van der Waals surface area contributed by atoms with Crippen molar-refractivity contribution in [1.29, 1.82) is 0 Å². The highest BCUT2D eigenvalue weighted by atomic mass is 16.3. The quantitative estimate of drug-likeness (QED) is 0.790. The molecule has 0 radical (unpaired) electrons. The molecule has 1 saturated heterocycles. The van der Waals surface area contributed by atoms with E-state index in [0.29, 0.717) is 11.8 Å². The summed E-state index contributed by atoms with van der Waals surface area (Å²) in [5.74, 6) is 2.72. The van der Waals surface area contributed by atoms with Crippen LogP contribution in [0, 0.1) is 24.7 Å². The monoisotopic (exact) mass is 394 g/mol. The number of amides is 1. The number of rotatable bonds is 6. The first kappa shape index (κ1) is 18.9. The van der Waals surface area contributed by atoms with Gasteiger partial charge >= 0.3 is 0 Å². The molecule has 5 heteroatoms. The summed E-state index contributed by atoms with van der Waals surface area (Å²) in [4.78, 5) is 15.7. The molecular formula is C24H30N2O3. The second-order valence-electron chi connectivity index (χ2n) is 9.15. The Balaban J connectivity index is 1.23. The lowest BCUT2D eigenvalue weighted by Gasteiger charge is -2.33. The minimum atomic E-state index is -1.42. The van der Waals surface area contributed by atoms with Crippen molar-refractivity contribution in [2.45, 2.75) is 50.8 Å². The molecule has 1 aliphatic heterocycles. The van der Waals surface area contributed by atoms with Crippen molar-refractivity contribution in [3.8, 4) is 0 Å². The topological polar surface area (TPSA) is 65.7 Å². The van der Waals surface area contributed by atoms with Crippen LogP contribution in [0.3, 0.4) is 0 Å². The van der Waals surface area contributed by atoms with E-state index in [1.807, 2.05) is 49.4 Å². The number of benzene rings is 1. The van der Waals surface area contributed by atoms with Crippen LogP contribution in [0.1, 0.15) is 42.8 Å². The normalized spacial score (nSPS) is 28.8. The molecule has 0 spiro atoms. The lowest BCUT2D eigenvalue weighted by Crippen LogP contribution is -2.50. The molecule has 2 saturated carbocycles. The smallest absolute Gasteiger partial charge is 0.257 e. The van der Waals surface area contributed by atoms with Crippen LogP contribution in [0.4, 0.5) is 0 Å². The highest BCUT2D eigenvalue weighted by molar-refractivity contribution is 5.87. The van der Waals surface area contributed by atoms with Gasteiger partial charge in [-0.3, -0.25) is 9.69 Å². The summed E-state index contributed by atoms with van der Waals surface area (Å²) in [6.07, 6.45) is 3.99. The average molecular weight is 395 g/mol. The fourth-order valence-electron chi connectivity index (χ4n) is 5.60. The Labute approximate surface area is 172 Å². The number of piperidine rings is 1. The minimum absolute atomic E-state index is 0.00202. The number of furan rings is 1. The molecule has 3 fully saturated rings. The summed E-state index contributed by atoms with van der Waals surface area (Å²) in [7, 11) is 0. The van der Waals surface area contributed by atoms with E-state index in [4.69, 9.17) is 4.42 Å². The molecule has 5 nitrogen and oxygen atoms in total. The second kappa shape index (κ2) is 7.29. The molecule has 5 rings (SSSR count). The maximum Gasteiger partial charge on any atom is 0.257 e. The summed E-state index contributed by atoms with van der Waals surface area (Å²) in [6.45, 7) is 4.75. The molecule has 154 valence electrons. The number of carbonyl (C=O) groups is 1. The number of hydrogen-bond acceptors (Lipinski definition) is 4. The van der Waals surface area contributed by atoms with E-state index in [2.05, 4.69) is 10.2 Å². The standard InChI is InChI=1S/C24H30N2O3/c1-16-11-12-19(29-16)13-26-14-20-21(15-26)22(20)25-23(27)24(28,18-9-5-6-10-18)17-7-3-2-4-8-17/h2-4,7-8,11-12,18,20-22,28H,5-6,9-10,13-15H2,1H3,(H,25,27)/t20-,21+,22?,24?. The Hall–Kier alpha value is -2.11. The Kier molecular flexibility index (Phi) is 4.75. The lowest BCUT2D eigenvalue weighted by molar-refractivity contribution is -0.147. The Morgan fingerprint density at radius 1 is 1.14 bits per heavy atom. The number of fused-ring (bicyclic) bond motifs is 1. The Morgan fingerprint density at radius 2 is 1.83 bits per heavy atom. The number of nitrogens with one attached hydrogen (secondary N) is 1. The fourth-order valence-corrected chi connectivity index (χ4v) is 5.60. The molecule has 1 amide bonds. The molecule has 4 atom stereocenters. The van der Waals surface area contributed by atoms with E-state index in [-0.39, 0.29) is 17.9 Å². The van der Waals surface area contributed by atoms with Gasteiger partial charge in [0.2, 0.25) is 0 Å². The molecule has 2 aromatic rings. The van der Waals surface area contributed by atoms with Crippen molar-refractivity contribution in [1.82, 2.24) is 10.2 Å². The van der Waals surface area contributed by atoms with E-state index >= 15 is 0 Å². The molecule has 29 heavy (non-hydrogen) atoms. The van der Waals surface area contributed by atoms with Gasteiger partial charge in [0.05, 0.1) is 6.54 Å². The SMILES string of the molecule is Cc1ccc(CN2C[C@@H]3C(NC(=O)C(O)(c4ccccc4)C4CCCC4)[C@@H]3C2)o1. The van der Waals surface area contributed by atoms with Crippen molar-refractivity contribution in [3.63, 3.8) is 0 Å². The van der Waals surface area contributed by atoms with Crippen molar-refractivity contribution in [2.75, 3.05) is 13.1 Å². The van der Waals surface area contributed by atoms with Crippen molar-refractivity contribution >= 4 is 5.91 Å². The van der Waals surface area contributed by atoms with Gasteiger partial charge in [-0.1, -0.05) is 43.2 Å². The second-order valence-corrected chi connectivity index (χ2v) is 9.15. The van der Waals surface area contributed by atoms with E-state index in [1.165, 1.54) is 0 Å². The Morgan fingerprint density at radius 3 is 2.45 bits per heavy atom. The van der Waals surface area contributed by atoms with Crippen LogP contribution in [-0.2, 0) is 16.9 Å². The van der Waals surface area contributed by atoms with Gasteiger partial charge in [-0.15, -0.1) is 0 Å². The van der Waals surface area contributed by atoms with Crippen LogP contribution < -0.4 is 5.32 Å². The largest absolute Gasteiger partial charge is 0.465 e. The van der Waals surface area contributed by atoms with Crippen LogP contribution >= 0.6 is 0 Å². The molecule has 3 aliphatic rings. The number of hydrogen-bond donors (Lipinski definition) is 2. The zero-order chi connectivity index (χ0) is 20.0. The highest BCUT2D eigenvalue weighted by Crippen LogP contribution is 2.47. The number of aliphatic hydroxyl groups is 1. The molecule has 1 aromatic heterocycles. The minimum Gasteiger partial charge on any atom is -0.465 e. The number of aryl methyl sites for hydroxylation is 1. The zero-order valence-corrected chi connectivity index (χ0v) is 17.0. The van der Waals surface area contributed by atoms with Gasteiger partial charge in [-0.2, -0.15) is 0 Å². The van der Waals surface area contributed by atoms with Crippen LogP contribution in [0.15, 0.2) is 46.9 Å². The summed E-state index contributed by atoms with van der Waals surface area (Å²) < 4.78 is 5.69. The maximum atomic E-state index is 13.3. The number of nitrogens with zero attached hydrogens (tertiary/aromatic N) is 1. The Bertz CT molecular complexity index is 861. The van der Waals surface area contributed by atoms with Gasteiger partial charge in [-0.05, 0) is 49.3 Å². The molecule has 2 heterocycles. The van der Waals surface area contributed by atoms with Gasteiger partial charge in [0.15, 0.2) is 5.60 Å². The summed E-state index contributed by atoms with van der Waals surface area (Å²) in [6, 6.07) is 13.7. The molecule has 2 aliphatic carbocycles. The van der Waals surface area contributed by atoms with Crippen LogP contribution in [0.25, 0.3) is 0 Å². The van der Waals surface area contributed by atoms with E-state index in [0.717, 1.165) is 62.4 Å². The first-order chi connectivity index (χ1) is 14.1. The van der Waals surface area contributed by atoms with Gasteiger partial charge in [0, 0.05) is 25.0 Å². The van der Waals surface area contributed by atoms with Crippen LogP contribution in [0.2, 0.25) is 0 Å². The summed E-state index contributed by atoms with van der Waals surface area (Å²) >= 11 is 0. The van der Waals surface area contributed by atoms with Gasteiger partial charge < -0.3 is 14.8 Å². The number of carbonyl (C=O) groups excluding carboxylic acids is 1. The van der Waals surface area contributed by atoms with Crippen molar-refractivity contribution < 1.29 is 14.3 Å². The molecular weight excluding hydrogens is 364 g/mol. The van der Waals surface area contributed by atoms with Gasteiger partial charge in [0.1, 0.15) is 11.5 Å². The van der Waals surface area contributed by atoms with Crippen molar-refractivity contribution in [3.05, 3.63) is 59.5 Å². The fraction of sp³-hybridized carbons (Fsp3) is 0.542. The predicted octanol–water partition coefficient (Wildman–Crippen LogP) is 3.21. The van der Waals surface area contributed by atoms with Crippen LogP contribution in [-0.4, -0.2) is 35.0 Å². The van der Waals surface area contributed by atoms with Gasteiger partial charge in [-0.25, -0.2) is 0 Å². The predicted molar refractivity (Wildman–Crippen MR) is 110 cm³/mol. The molecule has 2 unspecified atom stereocenters. The van der Waals surface area contributed by atoms with E-state index in [9.17, 15) is 9.90 Å². The first-order valence-corrected chi connectivity index (χ1v) is 10.9. The summed E-state index contributed by atoms with van der Waals surface area (Å²) in [5, 5.41) is 14.8. The third-order valence-corrected chi connectivity index (χ3v) is 7.25. The van der Waals surface area contributed by atoms with E-state index < -0.39 is 5.60 Å². The third kappa shape index (κ3) is 3.40. The van der Waals surface area contributed by atoms with Crippen molar-refractivity contribution in [2.24, 2.45) is 17.8 Å². The maximum absolute atomic E-state index is 13.3. The van der Waals surface area contributed by atoms with Crippen LogP contribution in [0.5, 0.6) is 0 Å². The van der Waals surface area contributed by atoms with Gasteiger partial charge in [0.25, 0.3) is 5.91 Å². The molecule has 0 bridgehead atoms.